The average Bonchev–Trinajstić information content (AvgIpc) is 1.99. The van der Waals surface area contributed by atoms with Crippen molar-refractivity contribution in [2.75, 3.05) is 13.6 Å². The van der Waals surface area contributed by atoms with Gasteiger partial charge >= 0.3 is 5.97 Å². The van der Waals surface area contributed by atoms with Crippen LogP contribution in [-0.2, 0) is 9.53 Å². The lowest BCUT2D eigenvalue weighted by molar-refractivity contribution is -0.162. The maximum atomic E-state index is 11.9. The summed E-state index contributed by atoms with van der Waals surface area (Å²) in [6, 6.07) is -0.378. The number of ether oxygens (including phenoxy) is 1. The zero-order valence-electron chi connectivity index (χ0n) is 10.1. The summed E-state index contributed by atoms with van der Waals surface area (Å²) >= 11 is 0. The van der Waals surface area contributed by atoms with Crippen molar-refractivity contribution < 1.29 is 9.53 Å². The number of hydrogen-bond donors (Lipinski definition) is 1. The number of rotatable bonds is 1. The molecule has 0 aromatic heterocycles. The van der Waals surface area contributed by atoms with Crippen LogP contribution in [0.2, 0.25) is 0 Å². The lowest BCUT2D eigenvalue weighted by atomic mass is 9.97. The largest absolute Gasteiger partial charge is 0.459 e. The van der Waals surface area contributed by atoms with Gasteiger partial charge in [0.2, 0.25) is 0 Å². The van der Waals surface area contributed by atoms with Gasteiger partial charge in [-0.25, -0.2) is 0 Å². The quantitative estimate of drug-likeness (QED) is 0.654. The van der Waals surface area contributed by atoms with E-state index in [0.717, 1.165) is 19.4 Å². The molecule has 1 aliphatic rings. The third-order valence-electron chi connectivity index (χ3n) is 2.58. The minimum Gasteiger partial charge on any atom is -0.459 e. The van der Waals surface area contributed by atoms with Gasteiger partial charge in [0.25, 0.3) is 0 Å². The number of nitrogens with two attached hydrogens (primary N) is 1. The van der Waals surface area contributed by atoms with Crippen LogP contribution in [-0.4, -0.2) is 42.1 Å². The lowest BCUT2D eigenvalue weighted by Gasteiger charge is -2.36. The van der Waals surface area contributed by atoms with Crippen LogP contribution < -0.4 is 5.73 Å². The fourth-order valence-corrected chi connectivity index (χ4v) is 1.92. The van der Waals surface area contributed by atoms with Gasteiger partial charge in [0.05, 0.1) is 0 Å². The standard InChI is InChI=1S/C11H22N2O2/c1-11(2,3)15-10(14)9-8(12)6-5-7-13(9)4/h8-9H,5-7,12H2,1-4H3. The Morgan fingerprint density at radius 1 is 1.47 bits per heavy atom. The summed E-state index contributed by atoms with van der Waals surface area (Å²) in [5.74, 6) is -0.197. The Labute approximate surface area is 91.8 Å². The van der Waals surface area contributed by atoms with Gasteiger partial charge in [-0.05, 0) is 47.2 Å². The van der Waals surface area contributed by atoms with Gasteiger partial charge in [0.1, 0.15) is 11.6 Å². The first-order valence-corrected chi connectivity index (χ1v) is 5.50. The zero-order chi connectivity index (χ0) is 11.6. The maximum absolute atomic E-state index is 11.9. The third-order valence-corrected chi connectivity index (χ3v) is 2.58. The molecule has 4 heteroatoms. The van der Waals surface area contributed by atoms with E-state index >= 15 is 0 Å². The fraction of sp³-hybridized carbons (Fsp3) is 0.909. The van der Waals surface area contributed by atoms with Crippen molar-refractivity contribution in [3.63, 3.8) is 0 Å². The average molecular weight is 214 g/mol. The van der Waals surface area contributed by atoms with Crippen LogP contribution in [0.1, 0.15) is 33.6 Å². The lowest BCUT2D eigenvalue weighted by Crippen LogP contribution is -2.56. The van der Waals surface area contributed by atoms with E-state index in [1.807, 2.05) is 32.7 Å². The monoisotopic (exact) mass is 214 g/mol. The Morgan fingerprint density at radius 2 is 2.07 bits per heavy atom. The number of carbonyl (C=O) groups excluding carboxylic acids is 1. The number of nitrogens with zero attached hydrogens (tertiary/aromatic N) is 1. The molecule has 2 atom stereocenters. The number of likely N-dealkylation sites (tertiary alicyclic amines) is 1. The minimum atomic E-state index is -0.435. The van der Waals surface area contributed by atoms with Crippen LogP contribution in [0.4, 0.5) is 0 Å². The second kappa shape index (κ2) is 4.49. The van der Waals surface area contributed by atoms with Crippen molar-refractivity contribution in [3.05, 3.63) is 0 Å². The molecule has 0 aromatic carbocycles. The summed E-state index contributed by atoms with van der Waals surface area (Å²) in [5.41, 5.74) is 5.51. The van der Waals surface area contributed by atoms with Crippen LogP contribution in [0.5, 0.6) is 0 Å². The molecule has 1 fully saturated rings. The summed E-state index contributed by atoms with van der Waals surface area (Å²) in [5, 5.41) is 0. The molecule has 4 nitrogen and oxygen atoms in total. The molecule has 0 spiro atoms. The molecule has 1 rings (SSSR count). The van der Waals surface area contributed by atoms with Crippen LogP contribution in [0, 0.1) is 0 Å². The molecule has 15 heavy (non-hydrogen) atoms. The molecule has 1 aliphatic heterocycles. The summed E-state index contributed by atoms with van der Waals surface area (Å²) in [6.45, 7) is 6.54. The molecule has 0 saturated carbocycles. The first-order chi connectivity index (χ1) is 6.81. The highest BCUT2D eigenvalue weighted by atomic mass is 16.6. The van der Waals surface area contributed by atoms with Gasteiger partial charge in [-0.1, -0.05) is 0 Å². The van der Waals surface area contributed by atoms with E-state index in [-0.39, 0.29) is 18.1 Å². The molecular weight excluding hydrogens is 192 g/mol. The SMILES string of the molecule is CN1CCCC(N)C1C(=O)OC(C)(C)C. The molecule has 0 amide bonds. The fourth-order valence-electron chi connectivity index (χ4n) is 1.92. The predicted molar refractivity (Wildman–Crippen MR) is 59.5 cm³/mol. The first-order valence-electron chi connectivity index (χ1n) is 5.50. The molecule has 1 heterocycles. The van der Waals surface area contributed by atoms with Gasteiger partial charge in [-0.15, -0.1) is 0 Å². The molecule has 1 saturated heterocycles. The van der Waals surface area contributed by atoms with E-state index in [9.17, 15) is 4.79 Å². The Morgan fingerprint density at radius 3 is 2.53 bits per heavy atom. The smallest absolute Gasteiger partial charge is 0.325 e. The van der Waals surface area contributed by atoms with E-state index in [1.165, 1.54) is 0 Å². The summed E-state index contributed by atoms with van der Waals surface area (Å²) in [7, 11) is 1.92. The van der Waals surface area contributed by atoms with Gasteiger partial charge < -0.3 is 10.5 Å². The van der Waals surface area contributed by atoms with Crippen LogP contribution in [0.3, 0.4) is 0 Å². The highest BCUT2D eigenvalue weighted by Gasteiger charge is 2.35. The van der Waals surface area contributed by atoms with Gasteiger partial charge in [-0.2, -0.15) is 0 Å². The highest BCUT2D eigenvalue weighted by Crippen LogP contribution is 2.18. The van der Waals surface area contributed by atoms with E-state index in [2.05, 4.69) is 0 Å². The second-order valence-electron chi connectivity index (χ2n) is 5.26. The van der Waals surface area contributed by atoms with Gasteiger partial charge in [-0.3, -0.25) is 9.69 Å². The van der Waals surface area contributed by atoms with E-state index in [0.29, 0.717) is 0 Å². The van der Waals surface area contributed by atoms with E-state index in [1.54, 1.807) is 0 Å². The molecule has 88 valence electrons. The molecule has 2 unspecified atom stereocenters. The first kappa shape index (κ1) is 12.5. The Kier molecular flexibility index (Phi) is 3.73. The van der Waals surface area contributed by atoms with Crippen molar-refractivity contribution in [2.24, 2.45) is 5.73 Å². The van der Waals surface area contributed by atoms with Crippen molar-refractivity contribution in [1.29, 1.82) is 0 Å². The number of esters is 1. The number of hydrogen-bond acceptors (Lipinski definition) is 4. The summed E-state index contributed by atoms with van der Waals surface area (Å²) in [6.07, 6.45) is 1.95. The number of likely N-dealkylation sites (N-methyl/N-ethyl adjacent to an activating group) is 1. The molecule has 0 bridgehead atoms. The van der Waals surface area contributed by atoms with Crippen LogP contribution >= 0.6 is 0 Å². The molecule has 0 radical (unpaired) electrons. The highest BCUT2D eigenvalue weighted by molar-refractivity contribution is 5.77. The Balaban J connectivity index is 2.64. The van der Waals surface area contributed by atoms with Crippen LogP contribution in [0.25, 0.3) is 0 Å². The van der Waals surface area contributed by atoms with Crippen molar-refractivity contribution in [2.45, 2.75) is 51.3 Å². The van der Waals surface area contributed by atoms with Crippen LogP contribution in [0.15, 0.2) is 0 Å². The summed E-state index contributed by atoms with van der Waals surface area (Å²) in [4.78, 5) is 13.9. The van der Waals surface area contributed by atoms with E-state index in [4.69, 9.17) is 10.5 Å². The van der Waals surface area contributed by atoms with E-state index < -0.39 is 5.60 Å². The zero-order valence-corrected chi connectivity index (χ0v) is 10.1. The van der Waals surface area contributed by atoms with Gasteiger partial charge in [0.15, 0.2) is 0 Å². The molecule has 0 aliphatic carbocycles. The molecular formula is C11H22N2O2. The number of piperidine rings is 1. The third kappa shape index (κ3) is 3.47. The van der Waals surface area contributed by atoms with Gasteiger partial charge in [0, 0.05) is 6.04 Å². The minimum absolute atomic E-state index is 0.0985. The molecule has 0 aromatic rings. The van der Waals surface area contributed by atoms with Crippen molar-refractivity contribution in [1.82, 2.24) is 4.90 Å². The number of carbonyl (C=O) groups is 1. The predicted octanol–water partition coefficient (Wildman–Crippen LogP) is 0.750. The Bertz CT molecular complexity index is 225. The maximum Gasteiger partial charge on any atom is 0.325 e. The normalized spacial score (nSPS) is 28.9. The Hall–Kier alpha value is -0.610. The topological polar surface area (TPSA) is 55.6 Å². The second-order valence-corrected chi connectivity index (χ2v) is 5.26. The molecule has 2 N–H and O–H groups in total. The van der Waals surface area contributed by atoms with Crippen molar-refractivity contribution >= 4 is 5.97 Å². The van der Waals surface area contributed by atoms with Crippen molar-refractivity contribution in [3.8, 4) is 0 Å². The summed E-state index contributed by atoms with van der Waals surface area (Å²) < 4.78 is 5.36.